The predicted octanol–water partition coefficient (Wildman–Crippen LogP) is 2.50. The molecule has 2 nitrogen and oxygen atoms in total. The van der Waals surface area contributed by atoms with E-state index < -0.39 is 0 Å². The lowest BCUT2D eigenvalue weighted by Crippen LogP contribution is -3.00. The molecule has 2 aromatic carbocycles. The lowest BCUT2D eigenvalue weighted by Gasteiger charge is -2.07. The first-order valence-electron chi connectivity index (χ1n) is 7.31. The van der Waals surface area contributed by atoms with Gasteiger partial charge in [0.15, 0.2) is 4.80 Å². The second kappa shape index (κ2) is 7.75. The van der Waals surface area contributed by atoms with Crippen molar-refractivity contribution in [3.8, 4) is 16.3 Å². The average Bonchev–Trinajstić information content (AvgIpc) is 3.26. The van der Waals surface area contributed by atoms with Crippen molar-refractivity contribution in [3.63, 3.8) is 0 Å². The first-order chi connectivity index (χ1) is 11.4. The summed E-state index contributed by atoms with van der Waals surface area (Å²) in [5, 5.41) is 4.29. The number of halogens is 1. The van der Waals surface area contributed by atoms with Crippen LogP contribution in [0.15, 0.2) is 88.5 Å². The lowest BCUT2D eigenvalue weighted by atomic mass is 10.3. The van der Waals surface area contributed by atoms with E-state index in [9.17, 15) is 0 Å². The van der Waals surface area contributed by atoms with Crippen LogP contribution in [0, 0.1) is 0 Å². The van der Waals surface area contributed by atoms with Crippen LogP contribution in [0.4, 0.5) is 5.69 Å². The third kappa shape index (κ3) is 3.43. The van der Waals surface area contributed by atoms with Gasteiger partial charge in [-0.2, -0.15) is 0 Å². The zero-order chi connectivity index (χ0) is 15.5. The maximum absolute atomic E-state index is 4.83. The zero-order valence-electron chi connectivity index (χ0n) is 12.7. The minimum Gasteiger partial charge on any atom is -1.00 e. The van der Waals surface area contributed by atoms with Crippen LogP contribution in [0.25, 0.3) is 16.3 Å². The summed E-state index contributed by atoms with van der Waals surface area (Å²) in [5.41, 5.74) is 3.29. The molecule has 5 heteroatoms. The molecule has 24 heavy (non-hydrogen) atoms. The number of para-hydroxylation sites is 2. The molecule has 2 aromatic heterocycles. The first kappa shape index (κ1) is 16.9. The molecule has 0 unspecified atom stereocenters. The molecule has 0 fully saturated rings. The number of hydrogen-bond acceptors (Lipinski definition) is 3. The van der Waals surface area contributed by atoms with Crippen LogP contribution < -0.4 is 21.8 Å². The van der Waals surface area contributed by atoms with Crippen molar-refractivity contribution in [1.82, 2.24) is 4.57 Å². The Bertz CT molecular complexity index is 956. The summed E-state index contributed by atoms with van der Waals surface area (Å²) < 4.78 is 2.23. The number of rotatable bonds is 3. The topological polar surface area (TPSA) is 17.3 Å². The largest absolute Gasteiger partial charge is 1.00 e. The van der Waals surface area contributed by atoms with Crippen LogP contribution in [0.2, 0.25) is 0 Å². The van der Waals surface area contributed by atoms with E-state index in [4.69, 9.17) is 4.99 Å². The Kier molecular flexibility index (Phi) is 5.45. The van der Waals surface area contributed by atoms with Gasteiger partial charge in [-0.1, -0.05) is 42.5 Å². The van der Waals surface area contributed by atoms with Gasteiger partial charge in [-0.15, -0.1) is 22.7 Å². The quantitative estimate of drug-likeness (QED) is 0.490. The Labute approximate surface area is 159 Å². The van der Waals surface area contributed by atoms with E-state index in [1.54, 1.807) is 22.7 Å². The summed E-state index contributed by atoms with van der Waals surface area (Å²) in [7, 11) is 0. The summed E-state index contributed by atoms with van der Waals surface area (Å²) in [6.45, 7) is 0. The maximum Gasteiger partial charge on any atom is 0.195 e. The Balaban J connectivity index is 0.00000169. The zero-order valence-corrected chi connectivity index (χ0v) is 15.9. The van der Waals surface area contributed by atoms with Gasteiger partial charge in [0.25, 0.3) is 0 Å². The summed E-state index contributed by atoms with van der Waals surface area (Å²) in [6, 6.07) is 24.7. The van der Waals surface area contributed by atoms with E-state index >= 15 is 0 Å². The fourth-order valence-electron chi connectivity index (χ4n) is 2.43. The molecule has 0 saturated carbocycles. The first-order valence-corrected chi connectivity index (χ1v) is 9.07. The highest BCUT2D eigenvalue weighted by Gasteiger charge is 2.10. The van der Waals surface area contributed by atoms with E-state index in [1.165, 1.54) is 10.6 Å². The number of hydrogen-bond donors (Lipinski definition) is 0. The van der Waals surface area contributed by atoms with Crippen molar-refractivity contribution >= 4 is 28.4 Å². The van der Waals surface area contributed by atoms with Crippen molar-refractivity contribution in [3.05, 3.63) is 88.4 Å². The highest BCUT2D eigenvalue weighted by molar-refractivity contribution is 7.14. The molecule has 0 aliphatic heterocycles. The molecule has 0 saturated heterocycles. The van der Waals surface area contributed by atoms with Crippen molar-refractivity contribution in [2.45, 2.75) is 0 Å². The summed E-state index contributed by atoms with van der Waals surface area (Å²) in [6.07, 6.45) is 0. The molecule has 0 bridgehead atoms. The van der Waals surface area contributed by atoms with Gasteiger partial charge in [-0.3, -0.25) is 4.57 Å². The highest BCUT2D eigenvalue weighted by Crippen LogP contribution is 2.27. The minimum atomic E-state index is 0. The van der Waals surface area contributed by atoms with Crippen LogP contribution in [0.3, 0.4) is 0 Å². The number of aromatic nitrogens is 1. The maximum atomic E-state index is 4.83. The molecular weight excluding hydrogens is 400 g/mol. The second-order valence-corrected chi connectivity index (χ2v) is 6.78. The summed E-state index contributed by atoms with van der Waals surface area (Å²) >= 11 is 3.42. The molecule has 2 heterocycles. The van der Waals surface area contributed by atoms with Crippen LogP contribution in [-0.2, 0) is 0 Å². The van der Waals surface area contributed by atoms with Crippen LogP contribution in [-0.4, -0.2) is 4.57 Å². The Morgan fingerprint density at radius 1 is 0.750 bits per heavy atom. The molecule has 0 amide bonds. The van der Waals surface area contributed by atoms with Crippen LogP contribution >= 0.6 is 22.7 Å². The van der Waals surface area contributed by atoms with Crippen molar-refractivity contribution < 1.29 is 17.0 Å². The number of thiazole rings is 1. The molecule has 120 valence electrons. The van der Waals surface area contributed by atoms with E-state index in [1.807, 2.05) is 36.4 Å². The Hall–Kier alpha value is -1.95. The van der Waals surface area contributed by atoms with Gasteiger partial charge in [0, 0.05) is 11.1 Å². The molecule has 0 N–H and O–H groups in total. The fourth-order valence-corrected chi connectivity index (χ4v) is 4.15. The van der Waals surface area contributed by atoms with E-state index in [-0.39, 0.29) is 17.0 Å². The molecule has 4 aromatic rings. The third-order valence-electron chi connectivity index (χ3n) is 3.48. The van der Waals surface area contributed by atoms with Crippen molar-refractivity contribution in [2.75, 3.05) is 0 Å². The normalized spacial score (nSPS) is 11.2. The van der Waals surface area contributed by atoms with Gasteiger partial charge in [0.2, 0.25) is 0 Å². The van der Waals surface area contributed by atoms with Crippen molar-refractivity contribution in [1.29, 1.82) is 0 Å². The molecule has 0 atom stereocenters. The Morgan fingerprint density at radius 2 is 1.46 bits per heavy atom. The highest BCUT2D eigenvalue weighted by atomic mass is 79.9. The van der Waals surface area contributed by atoms with E-state index in [0.29, 0.717) is 0 Å². The van der Waals surface area contributed by atoms with Gasteiger partial charge in [0.1, 0.15) is 0 Å². The summed E-state index contributed by atoms with van der Waals surface area (Å²) in [5.74, 6) is 0. The third-order valence-corrected chi connectivity index (χ3v) is 5.20. The lowest BCUT2D eigenvalue weighted by molar-refractivity contribution is -0.00000439. The van der Waals surface area contributed by atoms with Crippen LogP contribution in [0.5, 0.6) is 0 Å². The monoisotopic (exact) mass is 413 g/mol. The predicted molar refractivity (Wildman–Crippen MR) is 98.6 cm³/mol. The number of benzene rings is 2. The van der Waals surface area contributed by atoms with Crippen molar-refractivity contribution in [2.24, 2.45) is 4.99 Å². The fraction of sp³-hybridized carbons (Fsp3) is 0. The molecule has 0 radical (unpaired) electrons. The van der Waals surface area contributed by atoms with Gasteiger partial charge in [-0.05, 0) is 35.7 Å². The SMILES string of the molecule is [Br-].c1ccc(N=c2scc(-c3cccs3)n2-c2ccccc2)cc1. The molecular formula is C19H14BrN2S2-. The smallest absolute Gasteiger partial charge is 0.195 e. The second-order valence-electron chi connectivity index (χ2n) is 5.00. The molecule has 4 rings (SSSR count). The standard InChI is InChI=1S/C19H14N2S2.BrH/c1-3-8-15(9-4-1)20-19-21(16-10-5-2-6-11-16)17(14-23-19)18-12-7-13-22-18;/h1-14H;1H/p-1. The number of thiophene rings is 1. The van der Waals surface area contributed by atoms with Gasteiger partial charge >= 0.3 is 0 Å². The minimum absolute atomic E-state index is 0. The molecule has 0 aliphatic rings. The summed E-state index contributed by atoms with van der Waals surface area (Å²) in [4.78, 5) is 7.06. The number of nitrogens with zero attached hydrogens (tertiary/aromatic N) is 2. The average molecular weight is 414 g/mol. The van der Waals surface area contributed by atoms with E-state index in [2.05, 4.69) is 51.7 Å². The van der Waals surface area contributed by atoms with Gasteiger partial charge < -0.3 is 17.0 Å². The van der Waals surface area contributed by atoms with Gasteiger partial charge in [0.05, 0.1) is 16.3 Å². The molecule has 0 aliphatic carbocycles. The molecule has 0 spiro atoms. The Morgan fingerprint density at radius 3 is 2.12 bits per heavy atom. The van der Waals surface area contributed by atoms with Crippen LogP contribution in [0.1, 0.15) is 0 Å². The van der Waals surface area contributed by atoms with Gasteiger partial charge in [-0.25, -0.2) is 4.99 Å². The van der Waals surface area contributed by atoms with E-state index in [0.717, 1.165) is 16.2 Å².